The van der Waals surface area contributed by atoms with E-state index in [9.17, 15) is 9.59 Å². The molecule has 5 nitrogen and oxygen atoms in total. The van der Waals surface area contributed by atoms with Crippen LogP contribution in [0.1, 0.15) is 26.5 Å². The number of anilines is 1. The van der Waals surface area contributed by atoms with E-state index in [0.29, 0.717) is 10.6 Å². The second kappa shape index (κ2) is 8.02. The Bertz CT molecular complexity index is 957. The summed E-state index contributed by atoms with van der Waals surface area (Å²) >= 11 is 2.96. The summed E-state index contributed by atoms with van der Waals surface area (Å²) in [5.41, 5.74) is 4.50. The molecule has 3 rings (SSSR count). The molecular formula is C20H21N3O2S2. The molecule has 0 atom stereocenters. The van der Waals surface area contributed by atoms with Crippen LogP contribution < -0.4 is 5.32 Å². The third kappa shape index (κ3) is 4.26. The van der Waals surface area contributed by atoms with E-state index in [1.165, 1.54) is 16.2 Å². The molecular weight excluding hydrogens is 378 g/mol. The molecule has 3 aromatic rings. The van der Waals surface area contributed by atoms with Crippen molar-refractivity contribution in [3.8, 4) is 10.6 Å². The molecule has 0 spiro atoms. The van der Waals surface area contributed by atoms with Crippen LogP contribution in [0.3, 0.4) is 0 Å². The summed E-state index contributed by atoms with van der Waals surface area (Å²) in [6.45, 7) is 5.70. The summed E-state index contributed by atoms with van der Waals surface area (Å²) in [6, 6.07) is 7.83. The fourth-order valence-electron chi connectivity index (χ4n) is 2.76. The van der Waals surface area contributed by atoms with Gasteiger partial charge in [0.05, 0.1) is 12.2 Å². The highest BCUT2D eigenvalue weighted by Crippen LogP contribution is 2.30. The van der Waals surface area contributed by atoms with Crippen molar-refractivity contribution in [1.29, 1.82) is 0 Å². The van der Waals surface area contributed by atoms with Crippen molar-refractivity contribution in [1.82, 2.24) is 9.88 Å². The van der Waals surface area contributed by atoms with Crippen LogP contribution >= 0.6 is 22.7 Å². The molecule has 0 bridgehead atoms. The van der Waals surface area contributed by atoms with Crippen molar-refractivity contribution >= 4 is 40.2 Å². The summed E-state index contributed by atoms with van der Waals surface area (Å²) in [5.74, 6) is -0.411. The summed E-state index contributed by atoms with van der Waals surface area (Å²) in [6.07, 6.45) is 0. The van der Waals surface area contributed by atoms with Gasteiger partial charge in [-0.25, -0.2) is 4.98 Å². The molecule has 0 aliphatic carbocycles. The number of carbonyl (C=O) groups excluding carboxylic acids is 2. The largest absolute Gasteiger partial charge is 0.332 e. The smallest absolute Gasteiger partial charge is 0.266 e. The summed E-state index contributed by atoms with van der Waals surface area (Å²) in [7, 11) is 1.63. The second-order valence-electron chi connectivity index (χ2n) is 6.42. The van der Waals surface area contributed by atoms with Crippen LogP contribution in [0.2, 0.25) is 0 Å². The number of amides is 2. The number of thiophene rings is 1. The maximum Gasteiger partial charge on any atom is 0.266 e. The maximum atomic E-state index is 12.8. The van der Waals surface area contributed by atoms with Crippen molar-refractivity contribution in [3.63, 3.8) is 0 Å². The lowest BCUT2D eigenvalue weighted by Gasteiger charge is -2.17. The Morgan fingerprint density at radius 1 is 1.15 bits per heavy atom. The van der Waals surface area contributed by atoms with Crippen LogP contribution in [0, 0.1) is 20.8 Å². The molecule has 0 radical (unpaired) electrons. The fraction of sp³-hybridized carbons (Fsp3) is 0.250. The topological polar surface area (TPSA) is 62.3 Å². The molecule has 1 N–H and O–H groups in total. The van der Waals surface area contributed by atoms with E-state index >= 15 is 0 Å². The number of aryl methyl sites for hydroxylation is 3. The first-order valence-electron chi connectivity index (χ1n) is 8.48. The average molecular weight is 400 g/mol. The van der Waals surface area contributed by atoms with Crippen molar-refractivity contribution in [2.24, 2.45) is 0 Å². The number of rotatable bonds is 5. The first-order chi connectivity index (χ1) is 12.9. The Kier molecular flexibility index (Phi) is 5.72. The molecule has 0 fully saturated rings. The Balaban J connectivity index is 1.70. The highest BCUT2D eigenvalue weighted by Gasteiger charge is 2.21. The average Bonchev–Trinajstić information content (AvgIpc) is 3.27. The highest BCUT2D eigenvalue weighted by atomic mass is 32.1. The highest BCUT2D eigenvalue weighted by molar-refractivity contribution is 7.17. The van der Waals surface area contributed by atoms with E-state index in [1.54, 1.807) is 18.4 Å². The number of hydrogen-bond acceptors (Lipinski definition) is 5. The monoisotopic (exact) mass is 399 g/mol. The molecule has 0 saturated carbocycles. The minimum atomic E-state index is -0.219. The van der Waals surface area contributed by atoms with Crippen LogP contribution in [0.5, 0.6) is 0 Å². The predicted molar refractivity (Wildman–Crippen MR) is 112 cm³/mol. The number of likely N-dealkylation sites (N-methyl/N-ethyl adjacent to an activating group) is 1. The number of hydrogen-bond donors (Lipinski definition) is 1. The molecule has 2 amide bonds. The molecule has 2 heterocycles. The molecule has 27 heavy (non-hydrogen) atoms. The Morgan fingerprint density at radius 2 is 1.85 bits per heavy atom. The van der Waals surface area contributed by atoms with Gasteiger partial charge in [0, 0.05) is 23.7 Å². The minimum Gasteiger partial charge on any atom is -0.332 e. The van der Waals surface area contributed by atoms with Gasteiger partial charge in [0.2, 0.25) is 5.91 Å². The number of thiazole rings is 1. The second-order valence-corrected chi connectivity index (χ2v) is 8.20. The van der Waals surface area contributed by atoms with Crippen LogP contribution in [0.15, 0.2) is 35.0 Å². The fourth-order valence-corrected chi connectivity index (χ4v) is 4.53. The number of benzene rings is 1. The molecule has 0 unspecified atom stereocenters. The molecule has 140 valence electrons. The first kappa shape index (κ1) is 19.3. The third-order valence-corrected chi connectivity index (χ3v) is 6.11. The SMILES string of the molecule is Cc1cccc(C)c1NC(=O)CN(C)C(=O)c1sc(-c2ccsc2)nc1C. The molecule has 0 saturated heterocycles. The van der Waals surface area contributed by atoms with Gasteiger partial charge in [-0.2, -0.15) is 11.3 Å². The van der Waals surface area contributed by atoms with Crippen LogP contribution in [-0.4, -0.2) is 35.3 Å². The van der Waals surface area contributed by atoms with E-state index in [-0.39, 0.29) is 18.4 Å². The Hall–Kier alpha value is -2.51. The van der Waals surface area contributed by atoms with Crippen molar-refractivity contribution in [3.05, 3.63) is 56.7 Å². The number of aromatic nitrogens is 1. The van der Waals surface area contributed by atoms with E-state index in [4.69, 9.17) is 0 Å². The van der Waals surface area contributed by atoms with Crippen molar-refractivity contribution < 1.29 is 9.59 Å². The lowest BCUT2D eigenvalue weighted by atomic mass is 10.1. The van der Waals surface area contributed by atoms with Crippen molar-refractivity contribution in [2.45, 2.75) is 20.8 Å². The lowest BCUT2D eigenvalue weighted by molar-refractivity contribution is -0.116. The minimum absolute atomic E-state index is 0.0161. The number of para-hydroxylation sites is 1. The van der Waals surface area contributed by atoms with Gasteiger partial charge in [-0.15, -0.1) is 11.3 Å². The van der Waals surface area contributed by atoms with Crippen LogP contribution in [0.4, 0.5) is 5.69 Å². The normalized spacial score (nSPS) is 10.7. The predicted octanol–water partition coefficient (Wildman–Crippen LogP) is 4.51. The van der Waals surface area contributed by atoms with E-state index in [2.05, 4.69) is 10.3 Å². The first-order valence-corrected chi connectivity index (χ1v) is 10.2. The quantitative estimate of drug-likeness (QED) is 0.687. The standard InChI is InChI=1S/C20H21N3O2S2/c1-12-6-5-7-13(2)17(12)22-16(24)10-23(4)20(25)18-14(3)21-19(27-18)15-8-9-26-11-15/h5-9,11H,10H2,1-4H3,(H,22,24). The Labute approximate surface area is 166 Å². The zero-order chi connectivity index (χ0) is 19.6. The number of nitrogens with one attached hydrogen (secondary N) is 1. The number of nitrogens with zero attached hydrogens (tertiary/aromatic N) is 2. The van der Waals surface area contributed by atoms with Gasteiger partial charge in [-0.05, 0) is 43.3 Å². The summed E-state index contributed by atoms with van der Waals surface area (Å²) < 4.78 is 0. The summed E-state index contributed by atoms with van der Waals surface area (Å²) in [5, 5.41) is 7.73. The van der Waals surface area contributed by atoms with Gasteiger partial charge in [0.1, 0.15) is 9.88 Å². The van der Waals surface area contributed by atoms with Gasteiger partial charge in [-0.1, -0.05) is 18.2 Å². The van der Waals surface area contributed by atoms with Gasteiger partial charge >= 0.3 is 0 Å². The lowest BCUT2D eigenvalue weighted by Crippen LogP contribution is -2.35. The van der Waals surface area contributed by atoms with Gasteiger partial charge < -0.3 is 10.2 Å². The molecule has 0 aliphatic heterocycles. The van der Waals surface area contributed by atoms with E-state index in [0.717, 1.165) is 27.4 Å². The van der Waals surface area contributed by atoms with Crippen LogP contribution in [0.25, 0.3) is 10.6 Å². The summed E-state index contributed by atoms with van der Waals surface area (Å²) in [4.78, 5) is 31.7. The van der Waals surface area contributed by atoms with E-state index < -0.39 is 0 Å². The van der Waals surface area contributed by atoms with Gasteiger partial charge in [0.25, 0.3) is 5.91 Å². The Morgan fingerprint density at radius 3 is 2.48 bits per heavy atom. The third-order valence-electron chi connectivity index (χ3n) is 4.23. The zero-order valence-corrected chi connectivity index (χ0v) is 17.3. The van der Waals surface area contributed by atoms with Gasteiger partial charge in [0.15, 0.2) is 0 Å². The zero-order valence-electron chi connectivity index (χ0n) is 15.7. The van der Waals surface area contributed by atoms with Crippen molar-refractivity contribution in [2.75, 3.05) is 18.9 Å². The van der Waals surface area contributed by atoms with E-state index in [1.807, 2.05) is 55.8 Å². The van der Waals surface area contributed by atoms with Gasteiger partial charge in [-0.3, -0.25) is 9.59 Å². The van der Waals surface area contributed by atoms with Crippen LogP contribution in [-0.2, 0) is 4.79 Å². The molecule has 1 aromatic carbocycles. The molecule has 0 aliphatic rings. The maximum absolute atomic E-state index is 12.8. The number of carbonyl (C=O) groups is 2. The molecule has 7 heteroatoms. The molecule has 2 aromatic heterocycles.